The van der Waals surface area contributed by atoms with E-state index in [4.69, 9.17) is 4.74 Å². The topological polar surface area (TPSA) is 35.9 Å². The van der Waals surface area contributed by atoms with E-state index in [9.17, 15) is 5.11 Å². The molecule has 1 saturated heterocycles. The van der Waals surface area contributed by atoms with Crippen LogP contribution in [-0.4, -0.2) is 61.0 Å². The highest BCUT2D eigenvalue weighted by molar-refractivity contribution is 5.46. The van der Waals surface area contributed by atoms with Gasteiger partial charge in [-0.2, -0.15) is 0 Å². The summed E-state index contributed by atoms with van der Waals surface area (Å²) >= 11 is 0. The van der Waals surface area contributed by atoms with Crippen molar-refractivity contribution >= 4 is 5.69 Å². The molecule has 4 heteroatoms. The number of aliphatic hydroxyl groups excluding tert-OH is 1. The molecule has 4 nitrogen and oxygen atoms in total. The Kier molecular flexibility index (Phi) is 6.45. The zero-order valence-corrected chi connectivity index (χ0v) is 15.0. The van der Waals surface area contributed by atoms with Gasteiger partial charge in [0.1, 0.15) is 0 Å². The van der Waals surface area contributed by atoms with Crippen LogP contribution in [0.1, 0.15) is 33.6 Å². The van der Waals surface area contributed by atoms with E-state index in [1.807, 2.05) is 20.8 Å². The van der Waals surface area contributed by atoms with E-state index in [-0.39, 0.29) is 5.60 Å². The molecule has 0 aliphatic carbocycles. The van der Waals surface area contributed by atoms with Crippen LogP contribution in [0.5, 0.6) is 0 Å². The summed E-state index contributed by atoms with van der Waals surface area (Å²) in [6.45, 7) is 9.24. The van der Waals surface area contributed by atoms with E-state index < -0.39 is 6.10 Å². The first-order valence-electron chi connectivity index (χ1n) is 8.67. The van der Waals surface area contributed by atoms with Crippen molar-refractivity contribution in [2.24, 2.45) is 0 Å². The highest BCUT2D eigenvalue weighted by Crippen LogP contribution is 2.22. The molecular weight excluding hydrogens is 288 g/mol. The first-order valence-corrected chi connectivity index (χ1v) is 8.67. The van der Waals surface area contributed by atoms with Crippen molar-refractivity contribution in [2.45, 2.75) is 51.4 Å². The third-order valence-corrected chi connectivity index (χ3v) is 4.45. The van der Waals surface area contributed by atoms with Crippen molar-refractivity contribution in [1.82, 2.24) is 4.90 Å². The van der Waals surface area contributed by atoms with Gasteiger partial charge in [-0.1, -0.05) is 18.2 Å². The molecule has 0 aromatic heterocycles. The van der Waals surface area contributed by atoms with Crippen molar-refractivity contribution in [2.75, 3.05) is 38.2 Å². The maximum atomic E-state index is 10.1. The van der Waals surface area contributed by atoms with Crippen molar-refractivity contribution in [3.8, 4) is 0 Å². The number of likely N-dealkylation sites (tertiary alicyclic amines) is 1. The van der Waals surface area contributed by atoms with Crippen LogP contribution >= 0.6 is 0 Å². The van der Waals surface area contributed by atoms with E-state index >= 15 is 0 Å². The number of para-hydroxylation sites is 1. The molecular formula is C19H32N2O2. The van der Waals surface area contributed by atoms with Gasteiger partial charge in [0.2, 0.25) is 0 Å². The van der Waals surface area contributed by atoms with Gasteiger partial charge in [-0.05, 0) is 45.7 Å². The normalized spacial score (nSPS) is 18.8. The maximum absolute atomic E-state index is 10.1. The second-order valence-corrected chi connectivity index (χ2v) is 7.56. The highest BCUT2D eigenvalue weighted by Gasteiger charge is 2.24. The number of benzene rings is 1. The number of nitrogens with zero attached hydrogens (tertiary/aromatic N) is 2. The Morgan fingerprint density at radius 1 is 1.22 bits per heavy atom. The minimum absolute atomic E-state index is 0.188. The molecule has 0 bridgehead atoms. The molecule has 1 atom stereocenters. The Balaban J connectivity index is 1.73. The molecule has 0 amide bonds. The molecule has 2 rings (SSSR count). The second kappa shape index (κ2) is 8.13. The largest absolute Gasteiger partial charge is 0.389 e. The molecule has 0 saturated carbocycles. The smallest absolute Gasteiger partial charge is 0.0900 e. The summed E-state index contributed by atoms with van der Waals surface area (Å²) in [5, 5.41) is 10.1. The van der Waals surface area contributed by atoms with Crippen LogP contribution in [0.15, 0.2) is 30.3 Å². The molecule has 1 N–H and O–H groups in total. The number of ether oxygens (including phenoxy) is 1. The molecule has 1 unspecified atom stereocenters. The third-order valence-electron chi connectivity index (χ3n) is 4.45. The molecule has 130 valence electrons. The summed E-state index contributed by atoms with van der Waals surface area (Å²) in [5.41, 5.74) is 1.09. The van der Waals surface area contributed by atoms with Crippen LogP contribution < -0.4 is 4.90 Å². The van der Waals surface area contributed by atoms with Gasteiger partial charge in [0.05, 0.1) is 18.3 Å². The van der Waals surface area contributed by atoms with Gasteiger partial charge in [0, 0.05) is 38.4 Å². The lowest BCUT2D eigenvalue weighted by Crippen LogP contribution is -2.46. The summed E-state index contributed by atoms with van der Waals surface area (Å²) in [6, 6.07) is 11.1. The molecule has 0 spiro atoms. The lowest BCUT2D eigenvalue weighted by atomic mass is 10.0. The minimum atomic E-state index is -0.405. The highest BCUT2D eigenvalue weighted by atomic mass is 16.5. The Morgan fingerprint density at radius 2 is 1.83 bits per heavy atom. The van der Waals surface area contributed by atoms with Crippen molar-refractivity contribution in [3.63, 3.8) is 0 Å². The van der Waals surface area contributed by atoms with Gasteiger partial charge in [-0.15, -0.1) is 0 Å². The SMILES string of the molecule is CN(c1ccccc1)C1CCN(CC(O)COC(C)(C)C)CC1. The number of rotatable bonds is 6. The second-order valence-electron chi connectivity index (χ2n) is 7.56. The minimum Gasteiger partial charge on any atom is -0.389 e. The lowest BCUT2D eigenvalue weighted by molar-refractivity contribution is -0.0573. The Labute approximate surface area is 141 Å². The van der Waals surface area contributed by atoms with Gasteiger partial charge in [0.25, 0.3) is 0 Å². The number of hydrogen-bond acceptors (Lipinski definition) is 4. The standard InChI is InChI=1S/C19H32N2O2/c1-19(2,3)23-15-18(22)14-21-12-10-17(11-13-21)20(4)16-8-6-5-7-9-16/h5-9,17-18,22H,10-15H2,1-4H3. The number of anilines is 1. The molecule has 1 fully saturated rings. The van der Waals surface area contributed by atoms with Crippen molar-refractivity contribution < 1.29 is 9.84 Å². The molecule has 1 heterocycles. The summed E-state index contributed by atoms with van der Waals surface area (Å²) in [6.07, 6.45) is 1.87. The van der Waals surface area contributed by atoms with E-state index in [1.165, 1.54) is 5.69 Å². The predicted octanol–water partition coefficient (Wildman–Crippen LogP) is 2.76. The average molecular weight is 320 g/mol. The van der Waals surface area contributed by atoms with E-state index in [2.05, 4.69) is 47.2 Å². The van der Waals surface area contributed by atoms with Crippen molar-refractivity contribution in [1.29, 1.82) is 0 Å². The molecule has 1 aromatic rings. The van der Waals surface area contributed by atoms with Gasteiger partial charge in [0.15, 0.2) is 0 Å². The van der Waals surface area contributed by atoms with Gasteiger partial charge >= 0.3 is 0 Å². The zero-order chi connectivity index (χ0) is 16.9. The molecule has 1 aliphatic rings. The van der Waals surface area contributed by atoms with Crippen LogP contribution in [0.4, 0.5) is 5.69 Å². The van der Waals surface area contributed by atoms with Gasteiger partial charge < -0.3 is 19.6 Å². The van der Waals surface area contributed by atoms with Crippen LogP contribution in [-0.2, 0) is 4.74 Å². The Bertz CT molecular complexity index is 450. The van der Waals surface area contributed by atoms with E-state index in [0.717, 1.165) is 25.9 Å². The van der Waals surface area contributed by atoms with E-state index in [0.29, 0.717) is 19.2 Å². The van der Waals surface area contributed by atoms with Crippen LogP contribution in [0, 0.1) is 0 Å². The maximum Gasteiger partial charge on any atom is 0.0900 e. The molecule has 1 aromatic carbocycles. The first kappa shape index (κ1) is 18.2. The molecule has 23 heavy (non-hydrogen) atoms. The summed E-state index contributed by atoms with van der Waals surface area (Å²) in [7, 11) is 2.18. The van der Waals surface area contributed by atoms with Gasteiger partial charge in [-0.25, -0.2) is 0 Å². The lowest BCUT2D eigenvalue weighted by Gasteiger charge is -2.38. The Hall–Kier alpha value is -1.10. The quantitative estimate of drug-likeness (QED) is 0.874. The fourth-order valence-electron chi connectivity index (χ4n) is 3.06. The zero-order valence-electron chi connectivity index (χ0n) is 15.0. The molecule has 0 radical (unpaired) electrons. The fraction of sp³-hybridized carbons (Fsp3) is 0.684. The third kappa shape index (κ3) is 6.13. The summed E-state index contributed by atoms with van der Waals surface area (Å²) < 4.78 is 5.66. The van der Waals surface area contributed by atoms with Crippen LogP contribution in [0.25, 0.3) is 0 Å². The first-order chi connectivity index (χ1) is 10.8. The number of piperidine rings is 1. The summed E-state index contributed by atoms with van der Waals surface area (Å²) in [4.78, 5) is 4.74. The van der Waals surface area contributed by atoms with E-state index in [1.54, 1.807) is 0 Å². The van der Waals surface area contributed by atoms with Crippen molar-refractivity contribution in [3.05, 3.63) is 30.3 Å². The number of aliphatic hydroxyl groups is 1. The predicted molar refractivity (Wildman–Crippen MR) is 96.0 cm³/mol. The Morgan fingerprint density at radius 3 is 2.39 bits per heavy atom. The molecule has 1 aliphatic heterocycles. The monoisotopic (exact) mass is 320 g/mol. The fourth-order valence-corrected chi connectivity index (χ4v) is 3.06. The van der Waals surface area contributed by atoms with Crippen LogP contribution in [0.2, 0.25) is 0 Å². The summed E-state index contributed by atoms with van der Waals surface area (Å²) in [5.74, 6) is 0. The van der Waals surface area contributed by atoms with Gasteiger partial charge in [-0.3, -0.25) is 0 Å². The number of hydrogen-bond donors (Lipinski definition) is 1. The average Bonchev–Trinajstić information content (AvgIpc) is 2.53. The van der Waals surface area contributed by atoms with Crippen LogP contribution in [0.3, 0.4) is 0 Å². The number of β-amino-alcohol motifs (C(OH)–C–C–N with tert-alkyl or cyclic N) is 1.